The number of sulfonamides is 1. The molecule has 8 nitrogen and oxygen atoms in total. The fourth-order valence-corrected chi connectivity index (χ4v) is 5.48. The number of carbonyl (C=O) groups excluding carboxylic acids is 2. The average Bonchev–Trinajstić information content (AvgIpc) is 3.13. The first-order valence-electron chi connectivity index (χ1n) is 10.2. The van der Waals surface area contributed by atoms with Crippen LogP contribution in [0.4, 0.5) is 0 Å². The lowest BCUT2D eigenvalue weighted by atomic mass is 10.2. The average molecular weight is 424 g/mol. The van der Waals surface area contributed by atoms with E-state index in [1.165, 1.54) is 29.6 Å². The van der Waals surface area contributed by atoms with Crippen LogP contribution in [0.1, 0.15) is 48.9 Å². The molecule has 0 radical (unpaired) electrons. The van der Waals surface area contributed by atoms with E-state index in [0.29, 0.717) is 13.1 Å². The monoisotopic (exact) mass is 423 g/mol. The predicted molar refractivity (Wildman–Crippen MR) is 108 cm³/mol. The molecule has 2 amide bonds. The Morgan fingerprint density at radius 1 is 1.00 bits per heavy atom. The van der Waals surface area contributed by atoms with Gasteiger partial charge in [0.1, 0.15) is 10.6 Å². The van der Waals surface area contributed by atoms with Gasteiger partial charge in [-0.25, -0.2) is 8.42 Å². The third kappa shape index (κ3) is 5.08. The van der Waals surface area contributed by atoms with E-state index in [9.17, 15) is 18.0 Å². The highest BCUT2D eigenvalue weighted by Gasteiger charge is 2.29. The Bertz CT molecular complexity index is 842. The zero-order valence-corrected chi connectivity index (χ0v) is 17.7. The van der Waals surface area contributed by atoms with Crippen LogP contribution in [0, 0.1) is 0 Å². The van der Waals surface area contributed by atoms with Gasteiger partial charge in [-0.3, -0.25) is 9.59 Å². The Hall–Kier alpha value is -2.13. The van der Waals surface area contributed by atoms with Crippen molar-refractivity contribution >= 4 is 21.8 Å². The highest BCUT2D eigenvalue weighted by Crippen LogP contribution is 2.29. The Labute approximate surface area is 172 Å². The lowest BCUT2D eigenvalue weighted by Crippen LogP contribution is -2.38. The van der Waals surface area contributed by atoms with Crippen LogP contribution in [0.5, 0.6) is 5.75 Å². The van der Waals surface area contributed by atoms with Gasteiger partial charge >= 0.3 is 0 Å². The fraction of sp³-hybridized carbons (Fsp3) is 0.600. The SMILES string of the molecule is COc1ccc(C(=O)NCC(=O)N2CCCC2)cc1S(=O)(=O)N1CCCCCC1. The summed E-state index contributed by atoms with van der Waals surface area (Å²) in [5.41, 5.74) is 0.188. The number of likely N-dealkylation sites (tertiary alicyclic amines) is 1. The lowest BCUT2D eigenvalue weighted by Gasteiger charge is -2.21. The Balaban J connectivity index is 1.77. The van der Waals surface area contributed by atoms with E-state index < -0.39 is 15.9 Å². The van der Waals surface area contributed by atoms with Crippen molar-refractivity contribution in [1.82, 2.24) is 14.5 Å². The van der Waals surface area contributed by atoms with E-state index in [-0.39, 0.29) is 28.7 Å². The summed E-state index contributed by atoms with van der Waals surface area (Å²) < 4.78 is 33.1. The normalized spacial score (nSPS) is 18.3. The molecule has 0 atom stereocenters. The van der Waals surface area contributed by atoms with Gasteiger partial charge in [0.15, 0.2) is 0 Å². The minimum Gasteiger partial charge on any atom is -0.495 e. The molecular weight excluding hydrogens is 394 g/mol. The highest BCUT2D eigenvalue weighted by atomic mass is 32.2. The summed E-state index contributed by atoms with van der Waals surface area (Å²) in [5.74, 6) is -0.395. The number of ether oxygens (including phenoxy) is 1. The van der Waals surface area contributed by atoms with Crippen molar-refractivity contribution in [2.75, 3.05) is 39.8 Å². The zero-order chi connectivity index (χ0) is 20.9. The van der Waals surface area contributed by atoms with Gasteiger partial charge in [-0.15, -0.1) is 0 Å². The summed E-state index contributed by atoms with van der Waals surface area (Å²) in [6, 6.07) is 4.34. The van der Waals surface area contributed by atoms with Gasteiger partial charge in [-0.1, -0.05) is 12.8 Å². The molecule has 0 aliphatic carbocycles. The van der Waals surface area contributed by atoms with Crippen LogP contribution < -0.4 is 10.1 Å². The molecule has 0 unspecified atom stereocenters. The standard InChI is InChI=1S/C20H29N3O5S/c1-28-17-9-8-16(20(25)21-15-19(24)22-10-6-7-11-22)14-18(17)29(26,27)23-12-4-2-3-5-13-23/h8-9,14H,2-7,10-13,15H2,1H3,(H,21,25). The molecule has 1 aromatic rings. The molecule has 0 saturated carbocycles. The minimum atomic E-state index is -3.78. The summed E-state index contributed by atoms with van der Waals surface area (Å²) >= 11 is 0. The number of benzene rings is 1. The first-order chi connectivity index (χ1) is 13.9. The van der Waals surface area contributed by atoms with Crippen LogP contribution in [-0.2, 0) is 14.8 Å². The molecule has 2 aliphatic heterocycles. The number of nitrogens with zero attached hydrogens (tertiary/aromatic N) is 2. The number of methoxy groups -OCH3 is 1. The maximum atomic E-state index is 13.2. The molecule has 9 heteroatoms. The van der Waals surface area contributed by atoms with E-state index in [4.69, 9.17) is 4.74 Å². The molecule has 2 heterocycles. The largest absolute Gasteiger partial charge is 0.495 e. The first-order valence-corrected chi connectivity index (χ1v) is 11.6. The number of hydrogen-bond donors (Lipinski definition) is 1. The van der Waals surface area contributed by atoms with Crippen molar-refractivity contribution in [2.24, 2.45) is 0 Å². The maximum absolute atomic E-state index is 13.2. The van der Waals surface area contributed by atoms with E-state index in [2.05, 4.69) is 5.32 Å². The smallest absolute Gasteiger partial charge is 0.251 e. The summed E-state index contributed by atoms with van der Waals surface area (Å²) in [7, 11) is -2.37. The van der Waals surface area contributed by atoms with Gasteiger partial charge in [-0.05, 0) is 43.9 Å². The van der Waals surface area contributed by atoms with Crippen LogP contribution in [0.3, 0.4) is 0 Å². The van der Waals surface area contributed by atoms with Crippen LogP contribution in [0.25, 0.3) is 0 Å². The van der Waals surface area contributed by atoms with Crippen molar-refractivity contribution in [3.05, 3.63) is 23.8 Å². The van der Waals surface area contributed by atoms with Crippen molar-refractivity contribution in [3.63, 3.8) is 0 Å². The van der Waals surface area contributed by atoms with Gasteiger partial charge in [0.2, 0.25) is 15.9 Å². The Kier molecular flexibility index (Phi) is 7.13. The maximum Gasteiger partial charge on any atom is 0.251 e. The fourth-order valence-electron chi connectivity index (χ4n) is 3.78. The van der Waals surface area contributed by atoms with Gasteiger partial charge in [0.05, 0.1) is 13.7 Å². The van der Waals surface area contributed by atoms with Gasteiger partial charge in [0.25, 0.3) is 5.91 Å². The third-order valence-electron chi connectivity index (χ3n) is 5.47. The minimum absolute atomic E-state index is 0.0135. The van der Waals surface area contributed by atoms with Crippen molar-refractivity contribution < 1.29 is 22.7 Å². The molecule has 0 bridgehead atoms. The molecule has 29 heavy (non-hydrogen) atoms. The molecule has 2 fully saturated rings. The van der Waals surface area contributed by atoms with E-state index in [1.54, 1.807) is 4.90 Å². The van der Waals surface area contributed by atoms with Crippen LogP contribution >= 0.6 is 0 Å². The molecule has 2 saturated heterocycles. The topological polar surface area (TPSA) is 96.0 Å². The summed E-state index contributed by atoms with van der Waals surface area (Å²) in [6.45, 7) is 2.27. The molecule has 160 valence electrons. The zero-order valence-electron chi connectivity index (χ0n) is 16.9. The number of hydrogen-bond acceptors (Lipinski definition) is 5. The first kappa shape index (κ1) is 21.6. The van der Waals surface area contributed by atoms with Gasteiger partial charge < -0.3 is 15.0 Å². The van der Waals surface area contributed by atoms with Crippen molar-refractivity contribution in [1.29, 1.82) is 0 Å². The highest BCUT2D eigenvalue weighted by molar-refractivity contribution is 7.89. The second-order valence-corrected chi connectivity index (χ2v) is 9.36. The Morgan fingerprint density at radius 2 is 1.62 bits per heavy atom. The molecule has 2 aliphatic rings. The second-order valence-electron chi connectivity index (χ2n) is 7.45. The van der Waals surface area contributed by atoms with Crippen molar-refractivity contribution in [3.8, 4) is 5.75 Å². The lowest BCUT2D eigenvalue weighted by molar-refractivity contribution is -0.129. The molecule has 1 aromatic carbocycles. The summed E-state index contributed by atoms with van der Waals surface area (Å²) in [4.78, 5) is 26.4. The molecule has 0 spiro atoms. The van der Waals surface area contributed by atoms with E-state index >= 15 is 0 Å². The van der Waals surface area contributed by atoms with Gasteiger partial charge in [-0.2, -0.15) is 4.31 Å². The number of rotatable bonds is 6. The second kappa shape index (κ2) is 9.58. The molecular formula is C20H29N3O5S. The number of amides is 2. The van der Waals surface area contributed by atoms with Gasteiger partial charge in [0, 0.05) is 31.7 Å². The summed E-state index contributed by atoms with van der Waals surface area (Å²) in [5, 5.41) is 2.60. The predicted octanol–water partition coefficient (Wildman–Crippen LogP) is 1.61. The molecule has 3 rings (SSSR count). The third-order valence-corrected chi connectivity index (χ3v) is 7.39. The Morgan fingerprint density at radius 3 is 2.24 bits per heavy atom. The van der Waals surface area contributed by atoms with E-state index in [0.717, 1.165) is 51.6 Å². The quantitative estimate of drug-likeness (QED) is 0.750. The van der Waals surface area contributed by atoms with Crippen LogP contribution in [0.15, 0.2) is 23.1 Å². The van der Waals surface area contributed by atoms with Crippen LogP contribution in [-0.4, -0.2) is 69.3 Å². The van der Waals surface area contributed by atoms with Crippen LogP contribution in [0.2, 0.25) is 0 Å². The van der Waals surface area contributed by atoms with Crippen molar-refractivity contribution in [2.45, 2.75) is 43.4 Å². The molecule has 1 N–H and O–H groups in total. The van der Waals surface area contributed by atoms with E-state index in [1.807, 2.05) is 0 Å². The number of nitrogens with one attached hydrogen (secondary N) is 1. The molecule has 0 aromatic heterocycles. The summed E-state index contributed by atoms with van der Waals surface area (Å²) in [6.07, 6.45) is 5.62. The number of carbonyl (C=O) groups is 2.